The van der Waals surface area contributed by atoms with Crippen LogP contribution in [0.4, 0.5) is 0 Å². The molecule has 0 bridgehead atoms. The molecule has 1 unspecified atom stereocenters. The molecule has 2 N–H and O–H groups in total. The van der Waals surface area contributed by atoms with Crippen molar-refractivity contribution in [2.75, 3.05) is 13.1 Å². The topological polar surface area (TPSA) is 29.3 Å². The molecule has 0 aromatic heterocycles. The Morgan fingerprint density at radius 2 is 1.63 bits per heavy atom. The standard InChI is InChI=1S/C17H30N2/c1-6-19(14(4)5)17(12-18)16-9-7-15(8-10-16)11-13(2)3/h7-10,13-14,17H,6,11-12,18H2,1-5H3. The van der Waals surface area contributed by atoms with Crippen molar-refractivity contribution in [2.45, 2.75) is 53.1 Å². The highest BCUT2D eigenvalue weighted by Gasteiger charge is 2.19. The lowest BCUT2D eigenvalue weighted by Crippen LogP contribution is -2.38. The molecule has 0 heterocycles. The van der Waals surface area contributed by atoms with Gasteiger partial charge in [0, 0.05) is 18.6 Å². The molecule has 0 spiro atoms. The Balaban J connectivity index is 2.87. The van der Waals surface area contributed by atoms with Crippen LogP contribution in [0.2, 0.25) is 0 Å². The summed E-state index contributed by atoms with van der Waals surface area (Å²) in [4.78, 5) is 2.46. The molecular formula is C17H30N2. The van der Waals surface area contributed by atoms with Gasteiger partial charge in [0.05, 0.1) is 0 Å². The lowest BCUT2D eigenvalue weighted by atomic mass is 9.98. The van der Waals surface area contributed by atoms with Crippen molar-refractivity contribution in [1.29, 1.82) is 0 Å². The highest BCUT2D eigenvalue weighted by atomic mass is 15.2. The van der Waals surface area contributed by atoms with Crippen LogP contribution < -0.4 is 5.73 Å². The zero-order chi connectivity index (χ0) is 14.4. The zero-order valence-corrected chi connectivity index (χ0v) is 13.2. The molecule has 0 radical (unpaired) electrons. The molecule has 0 aliphatic heterocycles. The number of hydrogen-bond acceptors (Lipinski definition) is 2. The third kappa shape index (κ3) is 4.63. The van der Waals surface area contributed by atoms with Crippen molar-refractivity contribution in [2.24, 2.45) is 11.7 Å². The largest absolute Gasteiger partial charge is 0.329 e. The van der Waals surface area contributed by atoms with Crippen LogP contribution in [-0.4, -0.2) is 24.0 Å². The average Bonchev–Trinajstić information content (AvgIpc) is 2.35. The first kappa shape index (κ1) is 16.2. The van der Waals surface area contributed by atoms with Crippen LogP contribution in [0.25, 0.3) is 0 Å². The summed E-state index contributed by atoms with van der Waals surface area (Å²) in [5.41, 5.74) is 8.75. The summed E-state index contributed by atoms with van der Waals surface area (Å²) in [6.07, 6.45) is 1.15. The number of hydrogen-bond donors (Lipinski definition) is 1. The van der Waals surface area contributed by atoms with Gasteiger partial charge in [0.25, 0.3) is 0 Å². The van der Waals surface area contributed by atoms with E-state index in [0.717, 1.165) is 13.0 Å². The molecule has 0 fully saturated rings. The minimum atomic E-state index is 0.332. The van der Waals surface area contributed by atoms with Crippen LogP contribution in [0.5, 0.6) is 0 Å². The molecular weight excluding hydrogens is 232 g/mol. The van der Waals surface area contributed by atoms with E-state index in [9.17, 15) is 0 Å². The van der Waals surface area contributed by atoms with E-state index in [1.807, 2.05) is 0 Å². The maximum atomic E-state index is 6.00. The number of nitrogens with zero attached hydrogens (tertiary/aromatic N) is 1. The molecule has 1 aromatic carbocycles. The summed E-state index contributed by atoms with van der Waals surface area (Å²) in [6, 6.07) is 9.87. The van der Waals surface area contributed by atoms with Crippen molar-refractivity contribution in [3.05, 3.63) is 35.4 Å². The van der Waals surface area contributed by atoms with Crippen LogP contribution in [-0.2, 0) is 6.42 Å². The van der Waals surface area contributed by atoms with Gasteiger partial charge in [0.15, 0.2) is 0 Å². The summed E-state index contributed by atoms with van der Waals surface area (Å²) < 4.78 is 0. The van der Waals surface area contributed by atoms with Crippen LogP contribution in [0.1, 0.15) is 51.8 Å². The van der Waals surface area contributed by atoms with Gasteiger partial charge in [-0.2, -0.15) is 0 Å². The van der Waals surface area contributed by atoms with Crippen molar-refractivity contribution >= 4 is 0 Å². The SMILES string of the molecule is CCN(C(C)C)C(CN)c1ccc(CC(C)C)cc1. The Bertz CT molecular complexity index is 354. The second-order valence-corrected chi connectivity index (χ2v) is 6.02. The fraction of sp³-hybridized carbons (Fsp3) is 0.647. The number of likely N-dealkylation sites (N-methyl/N-ethyl adjacent to an activating group) is 1. The van der Waals surface area contributed by atoms with Crippen molar-refractivity contribution in [3.8, 4) is 0 Å². The monoisotopic (exact) mass is 262 g/mol. The first-order valence-electron chi connectivity index (χ1n) is 7.54. The number of nitrogens with two attached hydrogens (primary N) is 1. The first-order valence-corrected chi connectivity index (χ1v) is 7.54. The van der Waals surface area contributed by atoms with Gasteiger partial charge in [0.2, 0.25) is 0 Å². The van der Waals surface area contributed by atoms with Crippen LogP contribution in [0, 0.1) is 5.92 Å². The van der Waals surface area contributed by atoms with Crippen molar-refractivity contribution < 1.29 is 0 Å². The minimum Gasteiger partial charge on any atom is -0.329 e. The Morgan fingerprint density at radius 1 is 1.05 bits per heavy atom. The molecule has 0 saturated carbocycles. The lowest BCUT2D eigenvalue weighted by Gasteiger charge is -2.33. The highest BCUT2D eigenvalue weighted by molar-refractivity contribution is 5.26. The lowest BCUT2D eigenvalue weighted by molar-refractivity contribution is 0.166. The maximum Gasteiger partial charge on any atom is 0.0473 e. The number of rotatable bonds is 7. The van der Waals surface area contributed by atoms with E-state index in [0.29, 0.717) is 24.5 Å². The molecule has 0 saturated heterocycles. The van der Waals surface area contributed by atoms with Gasteiger partial charge in [-0.05, 0) is 43.9 Å². The maximum absolute atomic E-state index is 6.00. The van der Waals surface area contributed by atoms with E-state index >= 15 is 0 Å². The summed E-state index contributed by atoms with van der Waals surface area (Å²) in [6.45, 7) is 12.9. The van der Waals surface area contributed by atoms with Crippen molar-refractivity contribution in [3.63, 3.8) is 0 Å². The second-order valence-electron chi connectivity index (χ2n) is 6.02. The van der Waals surface area contributed by atoms with Crippen LogP contribution in [0.3, 0.4) is 0 Å². The van der Waals surface area contributed by atoms with Gasteiger partial charge in [-0.3, -0.25) is 4.90 Å². The molecule has 108 valence electrons. The van der Waals surface area contributed by atoms with E-state index in [2.05, 4.69) is 63.8 Å². The highest BCUT2D eigenvalue weighted by Crippen LogP contribution is 2.22. The Kier molecular flexibility index (Phi) is 6.53. The quantitative estimate of drug-likeness (QED) is 0.813. The summed E-state index contributed by atoms with van der Waals surface area (Å²) in [7, 11) is 0. The predicted molar refractivity (Wildman–Crippen MR) is 84.3 cm³/mol. The van der Waals surface area contributed by atoms with Crippen LogP contribution >= 0.6 is 0 Å². The molecule has 0 amide bonds. The van der Waals surface area contributed by atoms with Gasteiger partial charge in [-0.25, -0.2) is 0 Å². The van der Waals surface area contributed by atoms with E-state index in [4.69, 9.17) is 5.73 Å². The average molecular weight is 262 g/mol. The Hall–Kier alpha value is -0.860. The molecule has 0 aliphatic rings. The van der Waals surface area contributed by atoms with E-state index in [1.165, 1.54) is 11.1 Å². The van der Waals surface area contributed by atoms with Gasteiger partial charge in [-0.1, -0.05) is 45.0 Å². The normalized spacial score (nSPS) is 13.5. The van der Waals surface area contributed by atoms with E-state index in [1.54, 1.807) is 0 Å². The van der Waals surface area contributed by atoms with Crippen molar-refractivity contribution in [1.82, 2.24) is 4.90 Å². The Labute approximate surface area is 119 Å². The molecule has 1 atom stereocenters. The molecule has 1 aromatic rings. The van der Waals surface area contributed by atoms with E-state index in [-0.39, 0.29) is 0 Å². The van der Waals surface area contributed by atoms with Gasteiger partial charge >= 0.3 is 0 Å². The fourth-order valence-corrected chi connectivity index (χ4v) is 2.76. The van der Waals surface area contributed by atoms with E-state index < -0.39 is 0 Å². The van der Waals surface area contributed by atoms with Gasteiger partial charge in [-0.15, -0.1) is 0 Å². The first-order chi connectivity index (χ1) is 8.99. The summed E-state index contributed by atoms with van der Waals surface area (Å²) in [5, 5.41) is 0. The molecule has 2 heteroatoms. The molecule has 1 rings (SSSR count). The summed E-state index contributed by atoms with van der Waals surface area (Å²) in [5.74, 6) is 0.707. The predicted octanol–water partition coefficient (Wildman–Crippen LogP) is 3.62. The van der Waals surface area contributed by atoms with Crippen LogP contribution in [0.15, 0.2) is 24.3 Å². The third-order valence-corrected chi connectivity index (χ3v) is 3.66. The Morgan fingerprint density at radius 3 is 2.00 bits per heavy atom. The molecule has 19 heavy (non-hydrogen) atoms. The smallest absolute Gasteiger partial charge is 0.0473 e. The third-order valence-electron chi connectivity index (χ3n) is 3.66. The summed E-state index contributed by atoms with van der Waals surface area (Å²) >= 11 is 0. The molecule has 2 nitrogen and oxygen atoms in total. The molecule has 0 aliphatic carbocycles. The number of benzene rings is 1. The second kappa shape index (κ2) is 7.66. The zero-order valence-electron chi connectivity index (χ0n) is 13.2. The van der Waals surface area contributed by atoms with Gasteiger partial charge < -0.3 is 5.73 Å². The minimum absolute atomic E-state index is 0.332. The fourth-order valence-electron chi connectivity index (χ4n) is 2.76. The van der Waals surface area contributed by atoms with Gasteiger partial charge in [0.1, 0.15) is 0 Å².